The molecule has 0 saturated heterocycles. The Kier molecular flexibility index (Phi) is 6.07. The van der Waals surface area contributed by atoms with E-state index in [4.69, 9.17) is 10.2 Å². The van der Waals surface area contributed by atoms with Crippen LogP contribution < -0.4 is 10.5 Å². The van der Waals surface area contributed by atoms with Gasteiger partial charge < -0.3 is 10.4 Å². The molecule has 0 aliphatic heterocycles. The van der Waals surface area contributed by atoms with E-state index in [1.165, 1.54) is 18.2 Å². The van der Waals surface area contributed by atoms with Crippen molar-refractivity contribution in [3.05, 3.63) is 29.3 Å². The lowest BCUT2D eigenvalue weighted by Gasteiger charge is -2.15. The lowest BCUT2D eigenvalue weighted by atomic mass is 10.1. The van der Waals surface area contributed by atoms with Crippen LogP contribution in [0.25, 0.3) is 0 Å². The number of hydrogen-bond acceptors (Lipinski definition) is 4. The second-order valence-electron chi connectivity index (χ2n) is 5.05. The molecule has 0 saturated carbocycles. The van der Waals surface area contributed by atoms with E-state index < -0.39 is 27.9 Å². The van der Waals surface area contributed by atoms with Crippen LogP contribution in [-0.4, -0.2) is 31.4 Å². The number of carbonyl (C=O) groups is 2. The summed E-state index contributed by atoms with van der Waals surface area (Å²) in [5, 5.41) is 16.6. The van der Waals surface area contributed by atoms with Gasteiger partial charge in [-0.1, -0.05) is 31.4 Å². The fourth-order valence-corrected chi connectivity index (χ4v) is 2.69. The summed E-state index contributed by atoms with van der Waals surface area (Å²) < 4.78 is 23.1. The number of carboxylic acid groups (broad SMARTS) is 1. The van der Waals surface area contributed by atoms with Crippen LogP contribution in [0.3, 0.4) is 0 Å². The van der Waals surface area contributed by atoms with E-state index in [-0.39, 0.29) is 16.9 Å². The predicted octanol–water partition coefficient (Wildman–Crippen LogP) is 1.02. The van der Waals surface area contributed by atoms with Crippen molar-refractivity contribution in [1.82, 2.24) is 5.32 Å². The van der Waals surface area contributed by atoms with Crippen molar-refractivity contribution < 1.29 is 23.1 Å². The zero-order chi connectivity index (χ0) is 16.9. The molecule has 0 fully saturated rings. The number of amides is 1. The number of nitrogens with one attached hydrogen (secondary N) is 1. The van der Waals surface area contributed by atoms with Gasteiger partial charge in [-0.3, -0.25) is 4.79 Å². The van der Waals surface area contributed by atoms with Gasteiger partial charge in [0.15, 0.2) is 0 Å². The summed E-state index contributed by atoms with van der Waals surface area (Å²) in [4.78, 5) is 23.1. The molecule has 1 amide bonds. The van der Waals surface area contributed by atoms with Gasteiger partial charge in [-0.15, -0.1) is 0 Å². The Morgan fingerprint density at radius 3 is 2.50 bits per heavy atom. The van der Waals surface area contributed by atoms with Gasteiger partial charge >= 0.3 is 5.97 Å². The SMILES string of the molecule is CCCCC(NC(=O)c1cc(C)ccc1S(N)(=O)=O)C(=O)O. The van der Waals surface area contributed by atoms with Crippen LogP contribution in [0.2, 0.25) is 0 Å². The van der Waals surface area contributed by atoms with Crippen molar-refractivity contribution in [3.8, 4) is 0 Å². The van der Waals surface area contributed by atoms with Crippen LogP contribution in [0.15, 0.2) is 23.1 Å². The van der Waals surface area contributed by atoms with E-state index >= 15 is 0 Å². The number of primary sulfonamides is 1. The van der Waals surface area contributed by atoms with Gasteiger partial charge in [0.25, 0.3) is 5.91 Å². The van der Waals surface area contributed by atoms with Crippen LogP contribution in [0.4, 0.5) is 0 Å². The lowest BCUT2D eigenvalue weighted by molar-refractivity contribution is -0.139. The number of unbranched alkanes of at least 4 members (excludes halogenated alkanes) is 1. The van der Waals surface area contributed by atoms with Gasteiger partial charge in [0.2, 0.25) is 10.0 Å². The highest BCUT2D eigenvalue weighted by Gasteiger charge is 2.24. The van der Waals surface area contributed by atoms with E-state index in [0.29, 0.717) is 12.0 Å². The number of rotatable bonds is 7. The van der Waals surface area contributed by atoms with Gasteiger partial charge in [-0.05, 0) is 25.5 Å². The zero-order valence-corrected chi connectivity index (χ0v) is 13.3. The minimum absolute atomic E-state index is 0.148. The third kappa shape index (κ3) is 4.81. The van der Waals surface area contributed by atoms with Crippen LogP contribution >= 0.6 is 0 Å². The molecule has 22 heavy (non-hydrogen) atoms. The molecule has 4 N–H and O–H groups in total. The fraction of sp³-hybridized carbons (Fsp3) is 0.429. The maximum Gasteiger partial charge on any atom is 0.326 e. The van der Waals surface area contributed by atoms with E-state index in [2.05, 4.69) is 5.32 Å². The highest BCUT2D eigenvalue weighted by Crippen LogP contribution is 2.16. The minimum atomic E-state index is -4.08. The highest BCUT2D eigenvalue weighted by atomic mass is 32.2. The van der Waals surface area contributed by atoms with E-state index in [1.54, 1.807) is 6.92 Å². The average Bonchev–Trinajstić information content (AvgIpc) is 2.41. The van der Waals surface area contributed by atoms with Gasteiger partial charge in [0.05, 0.1) is 10.5 Å². The summed E-state index contributed by atoms with van der Waals surface area (Å²) in [6, 6.07) is 3.05. The van der Waals surface area contributed by atoms with Gasteiger partial charge in [-0.2, -0.15) is 0 Å². The molecule has 1 aromatic carbocycles. The van der Waals surface area contributed by atoms with Crippen molar-refractivity contribution in [2.24, 2.45) is 5.14 Å². The summed E-state index contributed by atoms with van der Waals surface area (Å²) in [5.41, 5.74) is 0.517. The molecule has 1 atom stereocenters. The molecule has 0 bridgehead atoms. The fourth-order valence-electron chi connectivity index (χ4n) is 1.97. The first kappa shape index (κ1) is 18.1. The zero-order valence-electron chi connectivity index (χ0n) is 12.5. The normalized spacial score (nSPS) is 12.7. The van der Waals surface area contributed by atoms with Gasteiger partial charge in [0.1, 0.15) is 6.04 Å². The molecule has 7 nitrogen and oxygen atoms in total. The summed E-state index contributed by atoms with van der Waals surface area (Å²) in [6.45, 7) is 3.59. The molecule has 0 spiro atoms. The summed E-state index contributed by atoms with van der Waals surface area (Å²) in [5.74, 6) is -1.93. The summed E-state index contributed by atoms with van der Waals surface area (Å²) in [7, 11) is -4.08. The third-order valence-corrected chi connectivity index (χ3v) is 4.11. The number of benzene rings is 1. The Balaban J connectivity index is 3.11. The summed E-state index contributed by atoms with van der Waals surface area (Å²) in [6.07, 6.45) is 1.69. The van der Waals surface area contributed by atoms with E-state index in [0.717, 1.165) is 6.42 Å². The molecule has 8 heteroatoms. The molecule has 0 heterocycles. The Morgan fingerprint density at radius 1 is 1.36 bits per heavy atom. The molecular weight excluding hydrogens is 308 g/mol. The molecule has 1 aromatic rings. The topological polar surface area (TPSA) is 127 Å². The molecule has 1 unspecified atom stereocenters. The number of aryl methyl sites for hydroxylation is 1. The second kappa shape index (κ2) is 7.37. The van der Waals surface area contributed by atoms with Crippen molar-refractivity contribution in [1.29, 1.82) is 0 Å². The first-order valence-electron chi connectivity index (χ1n) is 6.84. The molecule has 1 rings (SSSR count). The summed E-state index contributed by atoms with van der Waals surface area (Å²) >= 11 is 0. The van der Waals surface area contributed by atoms with Crippen LogP contribution in [0.5, 0.6) is 0 Å². The lowest BCUT2D eigenvalue weighted by Crippen LogP contribution is -2.41. The van der Waals surface area contributed by atoms with Gasteiger partial charge in [0, 0.05) is 0 Å². The molecule has 122 valence electrons. The Bertz CT molecular complexity index is 670. The number of carboxylic acids is 1. The molecule has 0 aliphatic carbocycles. The standard InChI is InChI=1S/C14H20N2O5S/c1-3-4-5-11(14(18)19)16-13(17)10-8-9(2)6-7-12(10)22(15,20)21/h6-8,11H,3-5H2,1-2H3,(H,16,17)(H,18,19)(H2,15,20,21). The Labute approximate surface area is 129 Å². The largest absolute Gasteiger partial charge is 0.480 e. The van der Waals surface area contributed by atoms with Crippen LogP contribution in [0.1, 0.15) is 42.1 Å². The van der Waals surface area contributed by atoms with Crippen molar-refractivity contribution >= 4 is 21.9 Å². The van der Waals surface area contributed by atoms with Gasteiger partial charge in [-0.25, -0.2) is 18.4 Å². The average molecular weight is 328 g/mol. The van der Waals surface area contributed by atoms with Crippen LogP contribution in [-0.2, 0) is 14.8 Å². The monoisotopic (exact) mass is 328 g/mol. The van der Waals surface area contributed by atoms with Crippen molar-refractivity contribution in [2.75, 3.05) is 0 Å². The number of carbonyl (C=O) groups excluding carboxylic acids is 1. The maximum absolute atomic E-state index is 12.2. The van der Waals surface area contributed by atoms with E-state index in [9.17, 15) is 18.0 Å². The quantitative estimate of drug-likeness (QED) is 0.688. The third-order valence-electron chi connectivity index (χ3n) is 3.14. The molecule has 0 radical (unpaired) electrons. The molecule has 0 aromatic heterocycles. The number of aliphatic carboxylic acids is 1. The first-order chi connectivity index (χ1) is 10.2. The Hall–Kier alpha value is -1.93. The number of sulfonamides is 1. The molecule has 0 aliphatic rings. The van der Waals surface area contributed by atoms with Crippen molar-refractivity contribution in [3.63, 3.8) is 0 Å². The van der Waals surface area contributed by atoms with Crippen molar-refractivity contribution in [2.45, 2.75) is 44.0 Å². The second-order valence-corrected chi connectivity index (χ2v) is 6.58. The number of nitrogens with two attached hydrogens (primary N) is 1. The van der Waals surface area contributed by atoms with Crippen LogP contribution in [0, 0.1) is 6.92 Å². The predicted molar refractivity (Wildman–Crippen MR) is 81.0 cm³/mol. The van der Waals surface area contributed by atoms with E-state index in [1.807, 2.05) is 6.92 Å². The first-order valence-corrected chi connectivity index (χ1v) is 8.38. The smallest absolute Gasteiger partial charge is 0.326 e. The molecular formula is C14H20N2O5S. The highest BCUT2D eigenvalue weighted by molar-refractivity contribution is 7.89. The Morgan fingerprint density at radius 2 is 2.00 bits per heavy atom. The maximum atomic E-state index is 12.2. The number of hydrogen-bond donors (Lipinski definition) is 3. The minimum Gasteiger partial charge on any atom is -0.480 e.